The van der Waals surface area contributed by atoms with Crippen molar-refractivity contribution in [1.82, 2.24) is 4.98 Å². The number of rotatable bonds is 1. The van der Waals surface area contributed by atoms with E-state index in [4.69, 9.17) is 0 Å². The van der Waals surface area contributed by atoms with Crippen molar-refractivity contribution >= 4 is 6.08 Å². The minimum atomic E-state index is -1.01. The van der Waals surface area contributed by atoms with Gasteiger partial charge in [0.15, 0.2) is 0 Å². The summed E-state index contributed by atoms with van der Waals surface area (Å²) < 4.78 is 0. The van der Waals surface area contributed by atoms with Crippen LogP contribution in [0.1, 0.15) is 24.0 Å². The van der Waals surface area contributed by atoms with Crippen LogP contribution in [0.5, 0.6) is 0 Å². The maximum absolute atomic E-state index is 11.6. The Balaban J connectivity index is 2.27. The second-order valence-electron chi connectivity index (χ2n) is 4.74. The van der Waals surface area contributed by atoms with E-state index in [2.05, 4.69) is 11.6 Å². The van der Waals surface area contributed by atoms with Crippen molar-refractivity contribution in [2.45, 2.75) is 18.4 Å². The Hall–Kier alpha value is -1.97. The SMILES string of the molecule is C=C1CC2C=Cc3cnccc3C2([N+](=O)[O-])C1. The molecule has 0 radical (unpaired) electrons. The number of nitro groups is 1. The van der Waals surface area contributed by atoms with Crippen molar-refractivity contribution in [3.8, 4) is 0 Å². The summed E-state index contributed by atoms with van der Waals surface area (Å²) in [6, 6.07) is 1.77. The van der Waals surface area contributed by atoms with Gasteiger partial charge in [-0.05, 0) is 12.5 Å². The predicted molar refractivity (Wildman–Crippen MR) is 63.8 cm³/mol. The van der Waals surface area contributed by atoms with Gasteiger partial charge in [0.2, 0.25) is 0 Å². The third-order valence-corrected chi connectivity index (χ3v) is 3.79. The average molecular weight is 228 g/mol. The average Bonchev–Trinajstić information content (AvgIpc) is 2.67. The van der Waals surface area contributed by atoms with Crippen molar-refractivity contribution in [1.29, 1.82) is 0 Å². The fourth-order valence-electron chi connectivity index (χ4n) is 3.04. The molecule has 4 heteroatoms. The Morgan fingerprint density at radius 1 is 1.59 bits per heavy atom. The molecule has 0 aromatic carbocycles. The zero-order chi connectivity index (χ0) is 12.0. The molecule has 4 nitrogen and oxygen atoms in total. The minimum Gasteiger partial charge on any atom is -0.264 e. The Kier molecular flexibility index (Phi) is 1.96. The van der Waals surface area contributed by atoms with Gasteiger partial charge >= 0.3 is 0 Å². The summed E-state index contributed by atoms with van der Waals surface area (Å²) in [6.45, 7) is 3.92. The summed E-state index contributed by atoms with van der Waals surface area (Å²) in [5, 5.41) is 11.6. The second-order valence-corrected chi connectivity index (χ2v) is 4.74. The number of aromatic nitrogens is 1. The molecule has 0 bridgehead atoms. The number of hydrogen-bond acceptors (Lipinski definition) is 3. The summed E-state index contributed by atoms with van der Waals surface area (Å²) >= 11 is 0. The molecule has 2 aliphatic rings. The Bertz CT molecular complexity index is 550. The lowest BCUT2D eigenvalue weighted by atomic mass is 9.75. The zero-order valence-corrected chi connectivity index (χ0v) is 9.30. The summed E-state index contributed by atoms with van der Waals surface area (Å²) in [5.41, 5.74) is 1.59. The van der Waals surface area contributed by atoms with E-state index in [9.17, 15) is 10.1 Å². The number of pyridine rings is 1. The van der Waals surface area contributed by atoms with Gasteiger partial charge < -0.3 is 0 Å². The summed E-state index contributed by atoms with van der Waals surface area (Å²) in [7, 11) is 0. The molecule has 1 saturated carbocycles. The van der Waals surface area contributed by atoms with Gasteiger partial charge in [-0.25, -0.2) is 0 Å². The minimum absolute atomic E-state index is 0.0695. The van der Waals surface area contributed by atoms with E-state index >= 15 is 0 Å². The first-order chi connectivity index (χ1) is 8.14. The molecule has 0 spiro atoms. The van der Waals surface area contributed by atoms with Gasteiger partial charge in [-0.15, -0.1) is 0 Å². The van der Waals surface area contributed by atoms with Crippen molar-refractivity contribution in [3.63, 3.8) is 0 Å². The third kappa shape index (κ3) is 1.21. The molecule has 2 atom stereocenters. The second kappa shape index (κ2) is 3.26. The molecule has 2 aliphatic carbocycles. The third-order valence-electron chi connectivity index (χ3n) is 3.79. The maximum Gasteiger partial charge on any atom is 0.257 e. The predicted octanol–water partition coefficient (Wildman–Crippen LogP) is 2.55. The van der Waals surface area contributed by atoms with E-state index in [1.807, 2.05) is 12.2 Å². The Morgan fingerprint density at radius 3 is 3.18 bits per heavy atom. The highest BCUT2D eigenvalue weighted by atomic mass is 16.6. The summed E-state index contributed by atoms with van der Waals surface area (Å²) in [6.07, 6.45) is 8.33. The molecule has 0 saturated heterocycles. The molecule has 0 aliphatic heterocycles. The summed E-state index contributed by atoms with van der Waals surface area (Å²) in [5.74, 6) is -0.0695. The van der Waals surface area contributed by atoms with E-state index in [1.54, 1.807) is 18.5 Å². The molecule has 1 heterocycles. The summed E-state index contributed by atoms with van der Waals surface area (Å²) in [4.78, 5) is 15.5. The number of nitrogens with zero attached hydrogens (tertiary/aromatic N) is 2. The first kappa shape index (κ1) is 10.2. The lowest BCUT2D eigenvalue weighted by molar-refractivity contribution is -0.584. The fraction of sp³-hybridized carbons (Fsp3) is 0.308. The van der Waals surface area contributed by atoms with Crippen LogP contribution in [0.25, 0.3) is 6.08 Å². The van der Waals surface area contributed by atoms with Gasteiger partial charge in [0.05, 0.1) is 5.92 Å². The normalized spacial score (nSPS) is 29.9. The van der Waals surface area contributed by atoms with Gasteiger partial charge in [0.25, 0.3) is 5.54 Å². The van der Waals surface area contributed by atoms with Crippen molar-refractivity contribution in [2.24, 2.45) is 5.92 Å². The fourth-order valence-corrected chi connectivity index (χ4v) is 3.04. The van der Waals surface area contributed by atoms with Gasteiger partial charge in [0, 0.05) is 34.9 Å². The molecule has 0 amide bonds. The standard InChI is InChI=1S/C13H12N2O2/c1-9-6-11-3-2-10-8-14-5-4-12(10)13(11,7-9)15(16)17/h2-5,8,11H,1,6-7H2. The lowest BCUT2D eigenvalue weighted by Crippen LogP contribution is -2.40. The van der Waals surface area contributed by atoms with E-state index in [0.717, 1.165) is 16.7 Å². The van der Waals surface area contributed by atoms with Crippen LogP contribution >= 0.6 is 0 Å². The van der Waals surface area contributed by atoms with E-state index in [-0.39, 0.29) is 10.8 Å². The van der Waals surface area contributed by atoms with Crippen LogP contribution in [-0.2, 0) is 5.54 Å². The van der Waals surface area contributed by atoms with Crippen molar-refractivity contribution in [3.05, 3.63) is 57.9 Å². The highest BCUT2D eigenvalue weighted by Crippen LogP contribution is 2.52. The first-order valence-corrected chi connectivity index (χ1v) is 5.58. The van der Waals surface area contributed by atoms with Crippen LogP contribution in [0.15, 0.2) is 36.7 Å². The van der Waals surface area contributed by atoms with Crippen LogP contribution in [0.3, 0.4) is 0 Å². The van der Waals surface area contributed by atoms with Crippen LogP contribution in [0.4, 0.5) is 0 Å². The molecule has 1 fully saturated rings. The largest absolute Gasteiger partial charge is 0.264 e. The molecular weight excluding hydrogens is 216 g/mol. The molecule has 1 aromatic heterocycles. The molecule has 1 aromatic rings. The van der Waals surface area contributed by atoms with Crippen LogP contribution in [0.2, 0.25) is 0 Å². The van der Waals surface area contributed by atoms with Crippen molar-refractivity contribution < 1.29 is 4.92 Å². The van der Waals surface area contributed by atoms with E-state index in [0.29, 0.717) is 12.8 Å². The van der Waals surface area contributed by atoms with Gasteiger partial charge in [0.1, 0.15) is 0 Å². The van der Waals surface area contributed by atoms with Crippen molar-refractivity contribution in [2.75, 3.05) is 0 Å². The molecule has 0 N–H and O–H groups in total. The molecule has 3 rings (SSSR count). The topological polar surface area (TPSA) is 56.0 Å². The van der Waals surface area contributed by atoms with Crippen LogP contribution in [-0.4, -0.2) is 9.91 Å². The molecule has 86 valence electrons. The van der Waals surface area contributed by atoms with Crippen LogP contribution in [0, 0.1) is 16.0 Å². The van der Waals surface area contributed by atoms with Crippen LogP contribution < -0.4 is 0 Å². The first-order valence-electron chi connectivity index (χ1n) is 5.58. The van der Waals surface area contributed by atoms with Gasteiger partial charge in [-0.1, -0.05) is 24.3 Å². The number of hydrogen-bond donors (Lipinski definition) is 0. The molecular formula is C13H12N2O2. The quantitative estimate of drug-likeness (QED) is 0.421. The lowest BCUT2D eigenvalue weighted by Gasteiger charge is -2.29. The number of fused-ring (bicyclic) bond motifs is 3. The zero-order valence-electron chi connectivity index (χ0n) is 9.30. The van der Waals surface area contributed by atoms with E-state index < -0.39 is 5.54 Å². The highest BCUT2D eigenvalue weighted by Gasteiger charge is 2.57. The van der Waals surface area contributed by atoms with Gasteiger partial charge in [-0.3, -0.25) is 15.1 Å². The van der Waals surface area contributed by atoms with E-state index in [1.165, 1.54) is 0 Å². The molecule has 17 heavy (non-hydrogen) atoms. The molecule has 2 unspecified atom stereocenters. The highest BCUT2D eigenvalue weighted by molar-refractivity contribution is 5.59. The monoisotopic (exact) mass is 228 g/mol. The Labute approximate surface area is 98.8 Å². The smallest absolute Gasteiger partial charge is 0.257 e. The Morgan fingerprint density at radius 2 is 2.41 bits per heavy atom. The maximum atomic E-state index is 11.6. The van der Waals surface area contributed by atoms with Gasteiger partial charge in [-0.2, -0.15) is 0 Å².